The van der Waals surface area contributed by atoms with Gasteiger partial charge in [-0.25, -0.2) is 19.8 Å². The predicted octanol–water partition coefficient (Wildman–Crippen LogP) is 3.13. The molecule has 0 radical (unpaired) electrons. The number of hydroxylamine groups is 1. The second kappa shape index (κ2) is 10.1. The summed E-state index contributed by atoms with van der Waals surface area (Å²) in [7, 11) is 0. The van der Waals surface area contributed by atoms with Crippen molar-refractivity contribution < 1.29 is 24.2 Å². The van der Waals surface area contributed by atoms with E-state index in [1.807, 2.05) is 6.07 Å². The number of amides is 1. The van der Waals surface area contributed by atoms with E-state index in [9.17, 15) is 14.3 Å². The molecule has 0 saturated carbocycles. The van der Waals surface area contributed by atoms with Crippen molar-refractivity contribution >= 4 is 38.3 Å². The maximum atomic E-state index is 14.5. The Morgan fingerprint density at radius 2 is 2.03 bits per heavy atom. The van der Waals surface area contributed by atoms with Gasteiger partial charge >= 0.3 is 0 Å². The Hall–Kier alpha value is -3.02. The second-order valence-corrected chi connectivity index (χ2v) is 8.43. The van der Waals surface area contributed by atoms with Crippen LogP contribution in [0, 0.1) is 5.82 Å². The van der Waals surface area contributed by atoms with Gasteiger partial charge in [0, 0.05) is 26.1 Å². The summed E-state index contributed by atoms with van der Waals surface area (Å²) < 4.78 is 20.8. The van der Waals surface area contributed by atoms with Crippen molar-refractivity contribution in [3.63, 3.8) is 0 Å². The van der Waals surface area contributed by atoms with Gasteiger partial charge < -0.3 is 20.1 Å². The zero-order valence-corrected chi connectivity index (χ0v) is 18.1. The summed E-state index contributed by atoms with van der Waals surface area (Å²) >= 11 is 1.52. The number of halogens is 1. The summed E-state index contributed by atoms with van der Waals surface area (Å²) in [4.78, 5) is 22.4. The highest BCUT2D eigenvalue weighted by Gasteiger charge is 2.21. The van der Waals surface area contributed by atoms with Crippen molar-refractivity contribution in [3.05, 3.63) is 30.1 Å². The number of ether oxygens (including phenoxy) is 1. The van der Waals surface area contributed by atoms with Crippen molar-refractivity contribution in [1.29, 1.82) is 0 Å². The van der Waals surface area contributed by atoms with E-state index >= 15 is 0 Å². The average Bonchev–Trinajstić information content (AvgIpc) is 3.23. The lowest BCUT2D eigenvalue weighted by atomic mass is 10.2. The first-order valence-electron chi connectivity index (χ1n) is 10.3. The van der Waals surface area contributed by atoms with Crippen LogP contribution in [0.4, 0.5) is 15.2 Å². The number of anilines is 2. The van der Waals surface area contributed by atoms with Gasteiger partial charge in [-0.05, 0) is 37.1 Å². The Morgan fingerprint density at radius 3 is 2.81 bits per heavy atom. The van der Waals surface area contributed by atoms with Crippen molar-refractivity contribution in [2.24, 2.45) is 0 Å². The molecule has 1 aliphatic rings. The second-order valence-electron chi connectivity index (χ2n) is 7.38. The van der Waals surface area contributed by atoms with Crippen molar-refractivity contribution in [2.75, 3.05) is 43.1 Å². The van der Waals surface area contributed by atoms with Crippen LogP contribution in [0.25, 0.3) is 21.6 Å². The summed E-state index contributed by atoms with van der Waals surface area (Å²) in [5.41, 5.74) is 2.46. The van der Waals surface area contributed by atoms with Gasteiger partial charge in [-0.1, -0.05) is 0 Å². The number of phenols is 1. The molecule has 170 valence electrons. The van der Waals surface area contributed by atoms with Crippen LogP contribution in [0.5, 0.6) is 5.75 Å². The number of aromatic hydroxyl groups is 1. The van der Waals surface area contributed by atoms with E-state index < -0.39 is 11.7 Å². The van der Waals surface area contributed by atoms with Crippen LogP contribution in [-0.2, 0) is 9.53 Å². The fourth-order valence-corrected chi connectivity index (χ4v) is 4.51. The number of morpholine rings is 1. The number of nitrogens with zero attached hydrogens (tertiary/aromatic N) is 3. The highest BCUT2D eigenvalue weighted by molar-refractivity contribution is 7.23. The van der Waals surface area contributed by atoms with Crippen LogP contribution < -0.4 is 15.7 Å². The molecule has 2 aromatic heterocycles. The highest BCUT2D eigenvalue weighted by Crippen LogP contribution is 2.37. The van der Waals surface area contributed by atoms with Crippen LogP contribution in [0.2, 0.25) is 0 Å². The Balaban J connectivity index is 1.62. The van der Waals surface area contributed by atoms with Crippen LogP contribution in [0.15, 0.2) is 24.3 Å². The van der Waals surface area contributed by atoms with Gasteiger partial charge in [0.15, 0.2) is 11.6 Å². The first-order chi connectivity index (χ1) is 15.5. The lowest BCUT2D eigenvalue weighted by Crippen LogP contribution is -2.36. The molecule has 0 spiro atoms. The lowest BCUT2D eigenvalue weighted by molar-refractivity contribution is -0.129. The van der Waals surface area contributed by atoms with E-state index in [4.69, 9.17) is 9.94 Å². The fraction of sp³-hybridized carbons (Fsp3) is 0.381. The van der Waals surface area contributed by atoms with Crippen LogP contribution in [-0.4, -0.2) is 59.0 Å². The number of carbonyl (C=O) groups is 1. The smallest absolute Gasteiger partial charge is 0.243 e. The SMILES string of the molecule is O=C(CCCCNc1cc2nc(-c3cc(O)ccc3F)nc(N3CCOCC3)c2s1)NO. The molecule has 0 bridgehead atoms. The molecule has 11 heteroatoms. The van der Waals surface area contributed by atoms with Gasteiger partial charge in [-0.3, -0.25) is 10.0 Å². The van der Waals surface area contributed by atoms with E-state index in [0.29, 0.717) is 50.6 Å². The number of thiophene rings is 1. The molecular weight excluding hydrogens is 437 g/mol. The van der Waals surface area contributed by atoms with Crippen molar-refractivity contribution in [1.82, 2.24) is 15.4 Å². The summed E-state index contributed by atoms with van der Waals surface area (Å²) in [6.45, 7) is 3.15. The predicted molar refractivity (Wildman–Crippen MR) is 120 cm³/mol. The third kappa shape index (κ3) is 5.06. The zero-order valence-electron chi connectivity index (χ0n) is 17.3. The van der Waals surface area contributed by atoms with E-state index in [-0.39, 0.29) is 23.6 Å². The van der Waals surface area contributed by atoms with Crippen LogP contribution in [0.3, 0.4) is 0 Å². The average molecular weight is 462 g/mol. The highest BCUT2D eigenvalue weighted by atomic mass is 32.1. The molecule has 1 aliphatic heterocycles. The lowest BCUT2D eigenvalue weighted by Gasteiger charge is -2.28. The summed E-state index contributed by atoms with van der Waals surface area (Å²) in [5.74, 6) is -0.0272. The molecule has 4 rings (SSSR count). The maximum Gasteiger partial charge on any atom is 0.243 e. The first-order valence-corrected chi connectivity index (χ1v) is 11.2. The summed E-state index contributed by atoms with van der Waals surface area (Å²) in [6, 6.07) is 5.71. The number of carbonyl (C=O) groups excluding carboxylic acids is 1. The Kier molecular flexibility index (Phi) is 6.98. The molecular formula is C21H24FN5O4S. The maximum absolute atomic E-state index is 14.5. The molecule has 32 heavy (non-hydrogen) atoms. The number of hydrogen-bond donors (Lipinski definition) is 4. The van der Waals surface area contributed by atoms with E-state index in [0.717, 1.165) is 16.1 Å². The largest absolute Gasteiger partial charge is 0.508 e. The van der Waals surface area contributed by atoms with Gasteiger partial charge in [0.2, 0.25) is 5.91 Å². The number of fused-ring (bicyclic) bond motifs is 1. The summed E-state index contributed by atoms with van der Waals surface area (Å²) in [5, 5.41) is 22.6. The quantitative estimate of drug-likeness (QED) is 0.229. The van der Waals surface area contributed by atoms with Gasteiger partial charge in [0.05, 0.1) is 34.0 Å². The molecule has 1 saturated heterocycles. The van der Waals surface area contributed by atoms with Crippen LogP contribution in [0.1, 0.15) is 19.3 Å². The number of benzene rings is 1. The van der Waals surface area contributed by atoms with Crippen molar-refractivity contribution in [2.45, 2.75) is 19.3 Å². The molecule has 3 aromatic rings. The Bertz CT molecular complexity index is 1100. The van der Waals surface area contributed by atoms with E-state index in [1.165, 1.54) is 29.5 Å². The standard InChI is InChI=1S/C21H24FN5O4S/c22-15-5-4-13(28)11-14(15)20-24-16-12-18(23-6-2-1-3-17(29)26-30)32-19(16)21(25-20)27-7-9-31-10-8-27/h4-5,11-12,23,28,30H,1-3,6-10H2,(H,26,29). The van der Waals surface area contributed by atoms with Crippen molar-refractivity contribution in [3.8, 4) is 17.1 Å². The minimum absolute atomic E-state index is 0.0550. The van der Waals surface area contributed by atoms with Gasteiger partial charge in [0.1, 0.15) is 11.6 Å². The number of nitrogens with one attached hydrogen (secondary N) is 2. The molecule has 9 nitrogen and oxygen atoms in total. The molecule has 4 N–H and O–H groups in total. The van der Waals surface area contributed by atoms with Gasteiger partial charge in [-0.15, -0.1) is 11.3 Å². The number of phenolic OH excluding ortho intramolecular Hbond substituents is 1. The van der Waals surface area contributed by atoms with Gasteiger partial charge in [0.25, 0.3) is 0 Å². The normalized spacial score (nSPS) is 14.0. The number of hydrogen-bond acceptors (Lipinski definition) is 9. The first kappa shape index (κ1) is 22.2. The van der Waals surface area contributed by atoms with Gasteiger partial charge in [-0.2, -0.15) is 0 Å². The molecule has 1 fully saturated rings. The third-order valence-corrected chi connectivity index (χ3v) is 6.19. The van der Waals surface area contributed by atoms with E-state index in [2.05, 4.69) is 20.2 Å². The monoisotopic (exact) mass is 461 g/mol. The topological polar surface area (TPSA) is 120 Å². The number of aromatic nitrogens is 2. The molecule has 0 aliphatic carbocycles. The Labute approximate surface area is 187 Å². The fourth-order valence-electron chi connectivity index (χ4n) is 3.47. The minimum atomic E-state index is -0.504. The molecule has 0 atom stereocenters. The number of rotatable bonds is 8. The molecule has 1 aromatic carbocycles. The molecule has 3 heterocycles. The van der Waals surface area contributed by atoms with E-state index in [1.54, 1.807) is 5.48 Å². The molecule has 0 unspecified atom stereocenters. The van der Waals surface area contributed by atoms with Crippen LogP contribution >= 0.6 is 11.3 Å². The molecule has 1 amide bonds. The third-order valence-electron chi connectivity index (χ3n) is 5.11. The summed E-state index contributed by atoms with van der Waals surface area (Å²) in [6.07, 6.45) is 1.66. The number of unbranched alkanes of at least 4 members (excludes halogenated alkanes) is 1. The minimum Gasteiger partial charge on any atom is -0.508 e. The Morgan fingerprint density at radius 1 is 1.22 bits per heavy atom. The zero-order chi connectivity index (χ0) is 22.5.